The summed E-state index contributed by atoms with van der Waals surface area (Å²) in [5.74, 6) is 0.442. The molecule has 0 amide bonds. The van der Waals surface area contributed by atoms with Crippen molar-refractivity contribution < 1.29 is 8.42 Å². The fourth-order valence-electron chi connectivity index (χ4n) is 2.84. The number of nitriles is 1. The molecule has 1 atom stereocenters. The average Bonchev–Trinajstić information content (AvgIpc) is 2.39. The van der Waals surface area contributed by atoms with Crippen LogP contribution in [0.15, 0.2) is 0 Å². The fourth-order valence-corrected chi connectivity index (χ4v) is 4.61. The molecule has 0 bridgehead atoms. The van der Waals surface area contributed by atoms with Crippen molar-refractivity contribution in [3.05, 3.63) is 0 Å². The third-order valence-corrected chi connectivity index (χ3v) is 6.37. The summed E-state index contributed by atoms with van der Waals surface area (Å²) in [6.07, 6.45) is 3.32. The number of hydrogen-bond donors (Lipinski definition) is 0. The molecular weight excluding hydrogens is 262 g/mol. The summed E-state index contributed by atoms with van der Waals surface area (Å²) in [5.41, 5.74) is -0.360. The van der Waals surface area contributed by atoms with E-state index in [2.05, 4.69) is 13.0 Å². The summed E-state index contributed by atoms with van der Waals surface area (Å²) in [4.78, 5) is 0. The van der Waals surface area contributed by atoms with E-state index in [9.17, 15) is 8.42 Å². The van der Waals surface area contributed by atoms with Crippen LogP contribution in [0.2, 0.25) is 0 Å². The van der Waals surface area contributed by atoms with E-state index < -0.39 is 10.2 Å². The Labute approximate surface area is 116 Å². The molecule has 0 N–H and O–H groups in total. The van der Waals surface area contributed by atoms with Gasteiger partial charge in [-0.15, -0.1) is 0 Å². The predicted octanol–water partition coefficient (Wildman–Crippen LogP) is 1.59. The molecule has 2 fully saturated rings. The van der Waals surface area contributed by atoms with E-state index in [1.54, 1.807) is 8.61 Å². The lowest BCUT2D eigenvalue weighted by atomic mass is 9.83. The van der Waals surface area contributed by atoms with Crippen molar-refractivity contribution >= 4 is 10.2 Å². The van der Waals surface area contributed by atoms with E-state index >= 15 is 0 Å². The van der Waals surface area contributed by atoms with Gasteiger partial charge in [0.15, 0.2) is 0 Å². The Morgan fingerprint density at radius 3 is 2.37 bits per heavy atom. The topological polar surface area (TPSA) is 64.4 Å². The molecule has 5 nitrogen and oxygen atoms in total. The quantitative estimate of drug-likeness (QED) is 0.774. The molecule has 0 radical (unpaired) electrons. The predicted molar refractivity (Wildman–Crippen MR) is 73.4 cm³/mol. The normalized spacial score (nSPS) is 29.8. The standard InChI is InChI=1S/C13H23N3O2S/c1-12-4-3-7-16(10-12)19(17,18)15-8-5-13(2,11-14)6-9-15/h12H,3-10H2,1-2H3. The first kappa shape index (κ1) is 14.8. The molecule has 0 aliphatic carbocycles. The van der Waals surface area contributed by atoms with E-state index in [4.69, 9.17) is 5.26 Å². The van der Waals surface area contributed by atoms with Crippen LogP contribution in [0.3, 0.4) is 0 Å². The summed E-state index contributed by atoms with van der Waals surface area (Å²) >= 11 is 0. The van der Waals surface area contributed by atoms with E-state index in [1.165, 1.54) is 0 Å². The molecule has 2 aliphatic heterocycles. The Kier molecular flexibility index (Phi) is 4.19. The van der Waals surface area contributed by atoms with Crippen molar-refractivity contribution in [3.8, 4) is 6.07 Å². The van der Waals surface area contributed by atoms with Crippen LogP contribution in [0.5, 0.6) is 0 Å². The Morgan fingerprint density at radius 1 is 1.21 bits per heavy atom. The Morgan fingerprint density at radius 2 is 1.84 bits per heavy atom. The molecule has 1 unspecified atom stereocenters. The highest BCUT2D eigenvalue weighted by molar-refractivity contribution is 7.86. The average molecular weight is 285 g/mol. The molecule has 2 aliphatic rings. The Balaban J connectivity index is 2.04. The third kappa shape index (κ3) is 3.10. The maximum absolute atomic E-state index is 12.6. The van der Waals surface area contributed by atoms with Crippen LogP contribution in [0, 0.1) is 22.7 Å². The van der Waals surface area contributed by atoms with Crippen LogP contribution in [0.25, 0.3) is 0 Å². The monoisotopic (exact) mass is 285 g/mol. The van der Waals surface area contributed by atoms with Gasteiger partial charge in [-0.3, -0.25) is 0 Å². The molecule has 2 rings (SSSR count). The molecule has 0 aromatic rings. The smallest absolute Gasteiger partial charge is 0.198 e. The number of hydrogen-bond acceptors (Lipinski definition) is 3. The maximum atomic E-state index is 12.6. The Hall–Kier alpha value is -0.640. The van der Waals surface area contributed by atoms with Gasteiger partial charge in [0.25, 0.3) is 10.2 Å². The maximum Gasteiger partial charge on any atom is 0.281 e. The van der Waals surface area contributed by atoms with Crippen molar-refractivity contribution in [2.45, 2.75) is 39.5 Å². The molecule has 2 heterocycles. The molecule has 108 valence electrons. The highest BCUT2D eigenvalue weighted by Gasteiger charge is 2.38. The van der Waals surface area contributed by atoms with Crippen LogP contribution in [-0.2, 0) is 10.2 Å². The molecule has 0 spiro atoms. The summed E-state index contributed by atoms with van der Waals surface area (Å²) in [7, 11) is -3.32. The van der Waals surface area contributed by atoms with Gasteiger partial charge in [-0.2, -0.15) is 22.3 Å². The van der Waals surface area contributed by atoms with Crippen LogP contribution < -0.4 is 0 Å². The van der Waals surface area contributed by atoms with Crippen LogP contribution in [0.1, 0.15) is 39.5 Å². The lowest BCUT2D eigenvalue weighted by molar-refractivity contribution is 0.205. The largest absolute Gasteiger partial charge is 0.281 e. The van der Waals surface area contributed by atoms with E-state index in [-0.39, 0.29) is 5.41 Å². The summed E-state index contributed by atoms with van der Waals surface area (Å²) in [6, 6.07) is 2.30. The highest BCUT2D eigenvalue weighted by Crippen LogP contribution is 2.32. The van der Waals surface area contributed by atoms with Gasteiger partial charge < -0.3 is 0 Å². The van der Waals surface area contributed by atoms with E-state index in [1.807, 2.05) is 6.92 Å². The zero-order valence-electron chi connectivity index (χ0n) is 11.8. The van der Waals surface area contributed by atoms with Crippen LogP contribution >= 0.6 is 0 Å². The van der Waals surface area contributed by atoms with Crippen molar-refractivity contribution in [2.75, 3.05) is 26.2 Å². The first-order valence-corrected chi connectivity index (χ1v) is 8.43. The molecule has 0 saturated carbocycles. The van der Waals surface area contributed by atoms with Gasteiger partial charge in [-0.25, -0.2) is 0 Å². The van der Waals surface area contributed by atoms with Gasteiger partial charge >= 0.3 is 0 Å². The summed E-state index contributed by atoms with van der Waals surface area (Å²) in [5, 5.41) is 9.09. The van der Waals surface area contributed by atoms with Crippen LogP contribution in [0.4, 0.5) is 0 Å². The van der Waals surface area contributed by atoms with Crippen LogP contribution in [-0.4, -0.2) is 43.2 Å². The molecular formula is C13H23N3O2S. The van der Waals surface area contributed by atoms with Gasteiger partial charge in [0.2, 0.25) is 0 Å². The fraction of sp³-hybridized carbons (Fsp3) is 0.923. The molecule has 6 heteroatoms. The second-order valence-corrected chi connectivity index (χ2v) is 8.11. The van der Waals surface area contributed by atoms with Gasteiger partial charge in [-0.05, 0) is 38.5 Å². The number of nitrogens with zero attached hydrogens (tertiary/aromatic N) is 3. The summed E-state index contributed by atoms with van der Waals surface area (Å²) in [6.45, 7) is 6.23. The molecule has 0 aromatic carbocycles. The third-order valence-electron chi connectivity index (χ3n) is 4.37. The van der Waals surface area contributed by atoms with Crippen molar-refractivity contribution in [2.24, 2.45) is 11.3 Å². The lowest BCUT2D eigenvalue weighted by Crippen LogP contribution is -2.51. The minimum absolute atomic E-state index is 0.360. The summed E-state index contributed by atoms with van der Waals surface area (Å²) < 4.78 is 28.3. The zero-order valence-corrected chi connectivity index (χ0v) is 12.6. The molecule has 2 saturated heterocycles. The first-order chi connectivity index (χ1) is 8.87. The highest BCUT2D eigenvalue weighted by atomic mass is 32.2. The SMILES string of the molecule is CC1CCCN(S(=O)(=O)N2CCC(C)(C#N)CC2)C1. The Bertz CT molecular complexity index is 461. The van der Waals surface area contributed by atoms with E-state index in [0.717, 1.165) is 12.8 Å². The second-order valence-electron chi connectivity index (χ2n) is 6.18. The van der Waals surface area contributed by atoms with Gasteiger partial charge in [0.1, 0.15) is 0 Å². The van der Waals surface area contributed by atoms with E-state index in [0.29, 0.717) is 44.9 Å². The molecule has 19 heavy (non-hydrogen) atoms. The van der Waals surface area contributed by atoms with Gasteiger partial charge in [0.05, 0.1) is 11.5 Å². The minimum atomic E-state index is -3.32. The minimum Gasteiger partial charge on any atom is -0.198 e. The number of rotatable bonds is 2. The molecule has 0 aromatic heterocycles. The van der Waals surface area contributed by atoms with Crippen molar-refractivity contribution in [1.82, 2.24) is 8.61 Å². The number of piperidine rings is 2. The second kappa shape index (κ2) is 5.39. The zero-order chi connectivity index (χ0) is 14.1. The van der Waals surface area contributed by atoms with Gasteiger partial charge in [-0.1, -0.05) is 6.92 Å². The van der Waals surface area contributed by atoms with Crippen molar-refractivity contribution in [1.29, 1.82) is 5.26 Å². The lowest BCUT2D eigenvalue weighted by Gasteiger charge is -2.39. The van der Waals surface area contributed by atoms with Crippen molar-refractivity contribution in [3.63, 3.8) is 0 Å². The first-order valence-electron chi connectivity index (χ1n) is 7.04. The van der Waals surface area contributed by atoms with Gasteiger partial charge in [0, 0.05) is 26.2 Å².